The van der Waals surface area contributed by atoms with Gasteiger partial charge < -0.3 is 15.0 Å². The van der Waals surface area contributed by atoms with Crippen molar-refractivity contribution in [2.45, 2.75) is 44.6 Å². The fourth-order valence-electron chi connectivity index (χ4n) is 6.03. The van der Waals surface area contributed by atoms with E-state index in [1.54, 1.807) is 34.9 Å². The van der Waals surface area contributed by atoms with Crippen LogP contribution in [0, 0.1) is 0 Å². The molecule has 0 radical (unpaired) electrons. The first-order chi connectivity index (χ1) is 20.4. The van der Waals surface area contributed by atoms with Gasteiger partial charge in [0, 0.05) is 27.5 Å². The van der Waals surface area contributed by atoms with Crippen LogP contribution in [0.2, 0.25) is 10.0 Å². The standard InChI is InChI=1S/C35H30Cl2N2O3/c36-28-16-13-26(14-17-28)34(40)38-32-30-18-15-27(25-11-9-24(10-12-25)23-6-2-1-3-7-23)20-31(30)39(33(32)35(41)42)21-22-5-4-8-29(37)19-22/h4-5,8-20,23H,1-3,6-7,21H2,(H,38,40)(H,41,42). The lowest BCUT2D eigenvalue weighted by Gasteiger charge is -2.22. The minimum absolute atomic E-state index is 0.00270. The lowest BCUT2D eigenvalue weighted by molar-refractivity contribution is 0.0687. The molecule has 0 saturated heterocycles. The van der Waals surface area contributed by atoms with Gasteiger partial charge in [-0.25, -0.2) is 4.79 Å². The molecule has 0 unspecified atom stereocenters. The third-order valence-electron chi connectivity index (χ3n) is 8.16. The van der Waals surface area contributed by atoms with Gasteiger partial charge in [0.15, 0.2) is 5.69 Å². The van der Waals surface area contributed by atoms with Crippen LogP contribution in [0.1, 0.15) is 70.0 Å². The van der Waals surface area contributed by atoms with Crippen molar-refractivity contribution in [3.05, 3.63) is 123 Å². The number of hydrogen-bond donors (Lipinski definition) is 2. The van der Waals surface area contributed by atoms with Crippen molar-refractivity contribution in [3.8, 4) is 11.1 Å². The highest BCUT2D eigenvalue weighted by Gasteiger charge is 2.25. The molecule has 1 aliphatic carbocycles. The Morgan fingerprint density at radius 2 is 1.52 bits per heavy atom. The number of anilines is 1. The highest BCUT2D eigenvalue weighted by molar-refractivity contribution is 6.31. The van der Waals surface area contributed by atoms with E-state index in [4.69, 9.17) is 23.2 Å². The molecule has 0 aliphatic heterocycles. The number of benzene rings is 4. The van der Waals surface area contributed by atoms with Gasteiger partial charge in [0.1, 0.15) is 0 Å². The van der Waals surface area contributed by atoms with E-state index in [-0.39, 0.29) is 17.9 Å². The molecule has 1 aromatic heterocycles. The lowest BCUT2D eigenvalue weighted by Crippen LogP contribution is -2.16. The summed E-state index contributed by atoms with van der Waals surface area (Å²) in [6, 6.07) is 28.4. The highest BCUT2D eigenvalue weighted by atomic mass is 35.5. The maximum absolute atomic E-state index is 13.2. The zero-order valence-electron chi connectivity index (χ0n) is 22.9. The number of aromatic carboxylic acids is 1. The highest BCUT2D eigenvalue weighted by Crippen LogP contribution is 2.37. The van der Waals surface area contributed by atoms with Crippen LogP contribution in [0.4, 0.5) is 5.69 Å². The first-order valence-corrected chi connectivity index (χ1v) is 14.9. The molecule has 0 bridgehead atoms. The molecule has 5 aromatic rings. The van der Waals surface area contributed by atoms with Crippen molar-refractivity contribution in [2.75, 3.05) is 5.32 Å². The molecule has 1 heterocycles. The number of nitrogens with zero attached hydrogens (tertiary/aromatic N) is 1. The Hall–Kier alpha value is -4.06. The number of carbonyl (C=O) groups excluding carboxylic acids is 1. The number of halogens is 2. The number of rotatable bonds is 7. The molecule has 1 amide bonds. The maximum Gasteiger partial charge on any atom is 0.354 e. The van der Waals surface area contributed by atoms with Crippen molar-refractivity contribution in [2.24, 2.45) is 0 Å². The summed E-state index contributed by atoms with van der Waals surface area (Å²) in [4.78, 5) is 26.0. The molecule has 1 saturated carbocycles. The predicted molar refractivity (Wildman–Crippen MR) is 170 cm³/mol. The number of aromatic nitrogens is 1. The minimum Gasteiger partial charge on any atom is -0.477 e. The fourth-order valence-corrected chi connectivity index (χ4v) is 6.37. The van der Waals surface area contributed by atoms with Gasteiger partial charge in [-0.1, -0.05) is 91.0 Å². The SMILES string of the molecule is O=C(Nc1c(C(=O)O)n(Cc2cccc(Cl)c2)c2cc(-c3ccc(C4CCCCC4)cc3)ccc12)c1ccc(Cl)cc1. The fraction of sp³-hybridized carbons (Fsp3) is 0.200. The molecule has 0 spiro atoms. The second-order valence-electron chi connectivity index (χ2n) is 10.9. The molecule has 2 N–H and O–H groups in total. The van der Waals surface area contributed by atoms with Crippen molar-refractivity contribution in [1.29, 1.82) is 0 Å². The van der Waals surface area contributed by atoms with Crippen LogP contribution in [-0.4, -0.2) is 21.6 Å². The first kappa shape index (κ1) is 28.1. The van der Waals surface area contributed by atoms with E-state index in [1.807, 2.05) is 36.4 Å². The summed E-state index contributed by atoms with van der Waals surface area (Å²) in [6.45, 7) is 0.263. The smallest absolute Gasteiger partial charge is 0.354 e. The second kappa shape index (κ2) is 12.0. The number of carbonyl (C=O) groups is 2. The van der Waals surface area contributed by atoms with E-state index in [9.17, 15) is 14.7 Å². The van der Waals surface area contributed by atoms with Crippen LogP contribution < -0.4 is 5.32 Å². The summed E-state index contributed by atoms with van der Waals surface area (Å²) in [5.41, 5.74) is 5.57. The van der Waals surface area contributed by atoms with Crippen LogP contribution in [0.5, 0.6) is 0 Å². The number of carboxylic acids is 1. The van der Waals surface area contributed by atoms with E-state index in [1.165, 1.54) is 37.7 Å². The summed E-state index contributed by atoms with van der Waals surface area (Å²) in [6.07, 6.45) is 6.38. The Balaban J connectivity index is 1.45. The molecule has 4 aromatic carbocycles. The normalized spacial score (nSPS) is 13.8. The zero-order valence-corrected chi connectivity index (χ0v) is 24.5. The monoisotopic (exact) mass is 596 g/mol. The van der Waals surface area contributed by atoms with E-state index >= 15 is 0 Å². The number of carboxylic acid groups (broad SMARTS) is 1. The molecule has 7 heteroatoms. The summed E-state index contributed by atoms with van der Waals surface area (Å²) in [5.74, 6) is -0.938. The average Bonchev–Trinajstić information content (AvgIpc) is 3.30. The average molecular weight is 598 g/mol. The molecule has 42 heavy (non-hydrogen) atoms. The van der Waals surface area contributed by atoms with Crippen LogP contribution in [-0.2, 0) is 6.54 Å². The molecule has 1 fully saturated rings. The van der Waals surface area contributed by atoms with Crippen LogP contribution in [0.25, 0.3) is 22.0 Å². The summed E-state index contributed by atoms with van der Waals surface area (Å²) in [5, 5.41) is 15.0. The zero-order chi connectivity index (χ0) is 29.2. The van der Waals surface area contributed by atoms with Crippen molar-refractivity contribution in [3.63, 3.8) is 0 Å². The van der Waals surface area contributed by atoms with E-state index in [2.05, 4.69) is 29.6 Å². The summed E-state index contributed by atoms with van der Waals surface area (Å²) in [7, 11) is 0. The summed E-state index contributed by atoms with van der Waals surface area (Å²) < 4.78 is 1.74. The van der Waals surface area contributed by atoms with Crippen molar-refractivity contribution < 1.29 is 14.7 Å². The molecular weight excluding hydrogens is 567 g/mol. The third kappa shape index (κ3) is 5.80. The van der Waals surface area contributed by atoms with Crippen LogP contribution in [0.3, 0.4) is 0 Å². The van der Waals surface area contributed by atoms with Gasteiger partial charge in [-0.05, 0) is 83.5 Å². The Labute approximate surface area is 254 Å². The Bertz CT molecular complexity index is 1770. The Morgan fingerprint density at radius 3 is 2.21 bits per heavy atom. The number of fused-ring (bicyclic) bond motifs is 1. The molecule has 212 valence electrons. The Kier molecular flexibility index (Phi) is 8.05. The molecule has 0 atom stereocenters. The van der Waals surface area contributed by atoms with Crippen molar-refractivity contribution >= 4 is 51.7 Å². The summed E-state index contributed by atoms with van der Waals surface area (Å²) >= 11 is 12.3. The topological polar surface area (TPSA) is 71.3 Å². The molecular formula is C35H30Cl2N2O3. The minimum atomic E-state index is -1.14. The number of hydrogen-bond acceptors (Lipinski definition) is 2. The van der Waals surface area contributed by atoms with Gasteiger partial charge in [-0.2, -0.15) is 0 Å². The van der Waals surface area contributed by atoms with Gasteiger partial charge in [-0.15, -0.1) is 0 Å². The van der Waals surface area contributed by atoms with Crippen LogP contribution in [0.15, 0.2) is 91.0 Å². The van der Waals surface area contributed by atoms with Gasteiger partial charge in [0.2, 0.25) is 0 Å². The first-order valence-electron chi connectivity index (χ1n) is 14.2. The molecule has 6 rings (SSSR count). The van der Waals surface area contributed by atoms with Gasteiger partial charge in [0.05, 0.1) is 11.2 Å². The van der Waals surface area contributed by atoms with Crippen molar-refractivity contribution in [1.82, 2.24) is 4.57 Å². The Morgan fingerprint density at radius 1 is 0.810 bits per heavy atom. The quantitative estimate of drug-likeness (QED) is 0.196. The largest absolute Gasteiger partial charge is 0.477 e. The van der Waals surface area contributed by atoms with Gasteiger partial charge in [-0.3, -0.25) is 4.79 Å². The third-order valence-corrected chi connectivity index (χ3v) is 8.65. The molecule has 1 aliphatic rings. The maximum atomic E-state index is 13.2. The van der Waals surface area contributed by atoms with E-state index in [0.717, 1.165) is 16.7 Å². The number of nitrogens with one attached hydrogen (secondary N) is 1. The van der Waals surface area contributed by atoms with Gasteiger partial charge in [0.25, 0.3) is 5.91 Å². The predicted octanol–water partition coefficient (Wildman–Crippen LogP) is 9.66. The van der Waals surface area contributed by atoms with E-state index < -0.39 is 11.9 Å². The van der Waals surface area contributed by atoms with Gasteiger partial charge >= 0.3 is 5.97 Å². The number of amides is 1. The lowest BCUT2D eigenvalue weighted by atomic mass is 9.84. The van der Waals surface area contributed by atoms with Crippen LogP contribution >= 0.6 is 23.2 Å². The second-order valence-corrected chi connectivity index (χ2v) is 11.8. The molecule has 5 nitrogen and oxygen atoms in total. The van der Waals surface area contributed by atoms with E-state index in [0.29, 0.717) is 32.4 Å².